The van der Waals surface area contributed by atoms with Crippen molar-refractivity contribution in [2.75, 3.05) is 0 Å². The zero-order valence-electron chi connectivity index (χ0n) is 36.0. The van der Waals surface area contributed by atoms with E-state index in [2.05, 4.69) is 225 Å². The largest absolute Gasteiger partial charge is 0.294 e. The number of hydrogen-bond donors (Lipinski definition) is 0. The predicted octanol–water partition coefficient (Wildman–Crippen LogP) is 11.9. The molecule has 0 bridgehead atoms. The number of para-hydroxylation sites is 3. The highest BCUT2D eigenvalue weighted by Gasteiger charge is 2.78. The van der Waals surface area contributed by atoms with Gasteiger partial charge in [-0.1, -0.05) is 170 Å². The van der Waals surface area contributed by atoms with Gasteiger partial charge in [0.15, 0.2) is 18.0 Å². The van der Waals surface area contributed by atoms with Gasteiger partial charge >= 0.3 is 0 Å². The van der Waals surface area contributed by atoms with Crippen LogP contribution in [0.25, 0.3) is 27.6 Å². The zero-order chi connectivity index (χ0) is 41.1. The van der Waals surface area contributed by atoms with Crippen molar-refractivity contribution in [3.63, 3.8) is 0 Å². The van der Waals surface area contributed by atoms with Gasteiger partial charge in [0.25, 0.3) is 0 Å². The van der Waals surface area contributed by atoms with Crippen molar-refractivity contribution in [3.05, 3.63) is 181 Å². The molecule has 1 unspecified atom stereocenters. The Bertz CT molecular complexity index is 2940. The zero-order valence-corrected chi connectivity index (χ0v) is 36.0. The third-order valence-electron chi connectivity index (χ3n) is 13.0. The van der Waals surface area contributed by atoms with Gasteiger partial charge in [0.2, 0.25) is 18.1 Å². The smallest absolute Gasteiger partial charge is 0.241 e. The SMILES string of the molecule is CC(C)(C)c1cc(B(c2ccccc2)c2ccc3c4ccccc4n(-c4cc(C(C)(C)C)ccn4)c3c2)cc([N+]23[CH-][N@+]2(c2cccc(C(C)(C)C)c2)c2ccccc23)c1. The van der Waals surface area contributed by atoms with Crippen molar-refractivity contribution in [3.8, 4) is 5.82 Å². The van der Waals surface area contributed by atoms with E-state index in [1.54, 1.807) is 0 Å². The summed E-state index contributed by atoms with van der Waals surface area (Å²) in [5.41, 5.74) is 15.4. The van der Waals surface area contributed by atoms with Crippen molar-refractivity contribution < 1.29 is 0 Å². The molecule has 0 aliphatic carbocycles. The first-order chi connectivity index (χ1) is 28.1. The normalized spacial score (nSPS) is 18.7. The van der Waals surface area contributed by atoms with E-state index >= 15 is 0 Å². The van der Waals surface area contributed by atoms with E-state index in [1.807, 2.05) is 6.20 Å². The van der Waals surface area contributed by atoms with E-state index in [1.165, 1.54) is 77.6 Å². The summed E-state index contributed by atoms with van der Waals surface area (Å²) in [5, 5.41) is 2.47. The third-order valence-corrected chi connectivity index (χ3v) is 13.0. The average Bonchev–Trinajstić information content (AvgIpc) is 3.71. The molecule has 0 amide bonds. The Morgan fingerprint density at radius 3 is 1.78 bits per heavy atom. The summed E-state index contributed by atoms with van der Waals surface area (Å²) in [6, 6.07) is 57.3. The number of aromatic nitrogens is 2. The van der Waals surface area contributed by atoms with Gasteiger partial charge in [-0.2, -0.15) is 9.18 Å². The number of hydrogen-bond acceptors (Lipinski definition) is 1. The number of fused-ring (bicyclic) bond motifs is 7. The van der Waals surface area contributed by atoms with Crippen LogP contribution in [0.4, 0.5) is 22.7 Å². The number of nitrogens with zero attached hydrogens (tertiary/aromatic N) is 4. The quantitative estimate of drug-likeness (QED) is 0.0713. The molecule has 0 N–H and O–H groups in total. The van der Waals surface area contributed by atoms with E-state index in [4.69, 9.17) is 4.98 Å². The van der Waals surface area contributed by atoms with Crippen LogP contribution in [-0.4, -0.2) is 16.3 Å². The Balaban J connectivity index is 1.20. The highest BCUT2D eigenvalue weighted by Crippen LogP contribution is 2.75. The number of pyridine rings is 1. The van der Waals surface area contributed by atoms with Crippen LogP contribution in [0, 0.1) is 6.67 Å². The Labute approximate surface area is 350 Å². The Morgan fingerprint density at radius 1 is 0.458 bits per heavy atom. The van der Waals surface area contributed by atoms with Gasteiger partial charge in [0.05, 0.1) is 11.0 Å². The van der Waals surface area contributed by atoms with Crippen molar-refractivity contribution in [1.29, 1.82) is 0 Å². The fraction of sp³-hybridized carbons (Fsp3) is 0.222. The minimum absolute atomic E-state index is 0.000559. The first-order valence-electron chi connectivity index (χ1n) is 21.2. The minimum atomic E-state index is -0.0767. The molecular formula is C54H54BN4+. The first-order valence-corrected chi connectivity index (χ1v) is 21.2. The van der Waals surface area contributed by atoms with Gasteiger partial charge in [0, 0.05) is 47.3 Å². The van der Waals surface area contributed by atoms with E-state index < -0.39 is 0 Å². The lowest BCUT2D eigenvalue weighted by molar-refractivity contribution is 0.425. The summed E-state index contributed by atoms with van der Waals surface area (Å²) < 4.78 is 3.74. The van der Waals surface area contributed by atoms with Gasteiger partial charge < -0.3 is 0 Å². The molecule has 1 fully saturated rings. The van der Waals surface area contributed by atoms with E-state index in [0.29, 0.717) is 9.18 Å². The highest BCUT2D eigenvalue weighted by molar-refractivity contribution is 6.95. The second-order valence-electron chi connectivity index (χ2n) is 20.0. The minimum Gasteiger partial charge on any atom is -0.294 e. The summed E-state index contributed by atoms with van der Waals surface area (Å²) in [5.74, 6) is 0.947. The molecule has 8 aromatic rings. The van der Waals surface area contributed by atoms with Crippen molar-refractivity contribution in [2.24, 2.45) is 0 Å². The molecule has 5 heteroatoms. The molecule has 6 aromatic carbocycles. The van der Waals surface area contributed by atoms with Crippen LogP contribution in [0.15, 0.2) is 158 Å². The lowest BCUT2D eigenvalue weighted by atomic mass is 9.36. The Morgan fingerprint density at radius 2 is 1.07 bits per heavy atom. The van der Waals surface area contributed by atoms with Crippen LogP contribution in [-0.2, 0) is 16.2 Å². The van der Waals surface area contributed by atoms with Crippen LogP contribution in [0.1, 0.15) is 79.0 Å². The van der Waals surface area contributed by atoms with Crippen LogP contribution in [0.5, 0.6) is 0 Å². The van der Waals surface area contributed by atoms with Crippen molar-refractivity contribution >= 4 is 67.7 Å². The molecule has 0 radical (unpaired) electrons. The molecule has 2 aliphatic heterocycles. The number of benzene rings is 6. The molecule has 1 saturated heterocycles. The van der Waals surface area contributed by atoms with Gasteiger partial charge in [-0.3, -0.25) is 4.57 Å². The molecular weight excluding hydrogens is 715 g/mol. The first kappa shape index (κ1) is 37.5. The maximum Gasteiger partial charge on any atom is 0.241 e. The van der Waals surface area contributed by atoms with E-state index in [-0.39, 0.29) is 23.0 Å². The van der Waals surface area contributed by atoms with Crippen LogP contribution >= 0.6 is 0 Å². The summed E-state index contributed by atoms with van der Waals surface area (Å²) in [7, 11) is 0. The summed E-state index contributed by atoms with van der Waals surface area (Å²) in [6.45, 7) is 23.3. The van der Waals surface area contributed by atoms with E-state index in [0.717, 1.165) is 5.82 Å². The standard InChI is InChI=1S/C54H54BN4/c1-52(2,3)37-18-17-21-43(31-37)58-36-59(58,50-25-16-15-24-49(50)58)44-32-39(54(7,8)9)30-42(34-44)55(40-19-11-10-12-20-40)41-26-27-46-45-22-13-14-23-47(45)57(48(46)35-41)51-33-38(28-29-56-51)53(4,5)6/h10-36H,1-9H3/q+1/t58-,59?/m0/s1. The maximum atomic E-state index is 5.01. The molecule has 4 nitrogen and oxygen atoms in total. The van der Waals surface area contributed by atoms with Gasteiger partial charge in [0.1, 0.15) is 5.82 Å². The molecule has 10 rings (SSSR count). The third kappa shape index (κ3) is 5.69. The Hall–Kier alpha value is -5.75. The monoisotopic (exact) mass is 769 g/mol. The number of quaternary nitrogens is 2. The molecule has 2 atom stereocenters. The second kappa shape index (κ2) is 12.9. The lowest BCUT2D eigenvalue weighted by Crippen LogP contribution is -2.53. The molecule has 2 aliphatic rings. The lowest BCUT2D eigenvalue weighted by Gasteiger charge is -2.40. The molecule has 59 heavy (non-hydrogen) atoms. The van der Waals surface area contributed by atoms with Crippen molar-refractivity contribution in [2.45, 2.75) is 78.6 Å². The van der Waals surface area contributed by atoms with Gasteiger partial charge in [-0.05, 0) is 63.3 Å². The Kier molecular flexibility index (Phi) is 8.19. The maximum absolute atomic E-state index is 5.01. The van der Waals surface area contributed by atoms with Crippen LogP contribution < -0.4 is 25.6 Å². The molecule has 4 heterocycles. The summed E-state index contributed by atoms with van der Waals surface area (Å²) in [4.78, 5) is 5.01. The highest BCUT2D eigenvalue weighted by atomic mass is 16.1. The fourth-order valence-corrected chi connectivity index (χ4v) is 9.71. The fourth-order valence-electron chi connectivity index (χ4n) is 9.71. The number of rotatable bonds is 6. The van der Waals surface area contributed by atoms with Crippen LogP contribution in [0.3, 0.4) is 0 Å². The van der Waals surface area contributed by atoms with Gasteiger partial charge in [-0.25, -0.2) is 4.98 Å². The summed E-state index contributed by atoms with van der Waals surface area (Å²) in [6.07, 6.45) is 1.97. The predicted molar refractivity (Wildman–Crippen MR) is 252 cm³/mol. The molecule has 0 saturated carbocycles. The average molecular weight is 770 g/mol. The second-order valence-corrected chi connectivity index (χ2v) is 20.0. The van der Waals surface area contributed by atoms with Crippen molar-refractivity contribution in [1.82, 2.24) is 18.7 Å². The molecule has 292 valence electrons. The topological polar surface area (TPSA) is 17.8 Å². The van der Waals surface area contributed by atoms with Crippen LogP contribution in [0.2, 0.25) is 0 Å². The van der Waals surface area contributed by atoms with E-state index in [9.17, 15) is 0 Å². The van der Waals surface area contributed by atoms with Gasteiger partial charge in [-0.15, -0.1) is 0 Å². The molecule has 0 spiro atoms. The summed E-state index contributed by atoms with van der Waals surface area (Å²) >= 11 is 0. The molecule has 2 aromatic heterocycles.